The van der Waals surface area contributed by atoms with Crippen LogP contribution < -0.4 is 10.2 Å². The third-order valence-corrected chi connectivity index (χ3v) is 4.75. The van der Waals surface area contributed by atoms with Gasteiger partial charge in [-0.15, -0.1) is 0 Å². The smallest absolute Gasteiger partial charge is 0.274 e. The van der Waals surface area contributed by atoms with E-state index in [9.17, 15) is 9.59 Å². The lowest BCUT2D eigenvalue weighted by Crippen LogP contribution is -2.37. The maximum absolute atomic E-state index is 13.3. The summed E-state index contributed by atoms with van der Waals surface area (Å²) in [4.78, 5) is 27.7. The lowest BCUT2D eigenvalue weighted by molar-refractivity contribution is -0.115. The van der Waals surface area contributed by atoms with E-state index in [2.05, 4.69) is 5.32 Å². The van der Waals surface area contributed by atoms with Crippen LogP contribution in [0.1, 0.15) is 27.2 Å². The Morgan fingerprint density at radius 3 is 2.57 bits per heavy atom. The van der Waals surface area contributed by atoms with Gasteiger partial charge in [-0.25, -0.2) is 0 Å². The van der Waals surface area contributed by atoms with Crippen LogP contribution in [0.2, 0.25) is 0 Å². The highest BCUT2D eigenvalue weighted by molar-refractivity contribution is 6.12. The number of hydrogen-bond donors (Lipinski definition) is 1. The average Bonchev–Trinajstić information content (AvgIpc) is 3.37. The molecule has 28 heavy (non-hydrogen) atoms. The maximum atomic E-state index is 13.3. The Labute approximate surface area is 163 Å². The van der Waals surface area contributed by atoms with Crippen LogP contribution in [0, 0.1) is 6.92 Å². The van der Waals surface area contributed by atoms with Gasteiger partial charge in [0.2, 0.25) is 0 Å². The van der Waals surface area contributed by atoms with Crippen molar-refractivity contribution >= 4 is 23.6 Å². The number of amides is 2. The quantitative estimate of drug-likeness (QED) is 0.706. The summed E-state index contributed by atoms with van der Waals surface area (Å²) < 4.78 is 5.35. The van der Waals surface area contributed by atoms with Gasteiger partial charge in [0.05, 0.1) is 6.26 Å². The number of nitrogens with one attached hydrogen (secondary N) is 1. The number of benzene rings is 2. The highest BCUT2D eigenvalue weighted by Crippen LogP contribution is 2.28. The Morgan fingerprint density at radius 2 is 1.82 bits per heavy atom. The molecule has 0 saturated heterocycles. The monoisotopic (exact) mass is 372 g/mol. The molecule has 0 aliphatic carbocycles. The number of rotatable bonds is 4. The van der Waals surface area contributed by atoms with E-state index < -0.39 is 0 Å². The van der Waals surface area contributed by atoms with E-state index in [0.29, 0.717) is 17.9 Å². The second-order valence-electron chi connectivity index (χ2n) is 6.73. The minimum Gasteiger partial charge on any atom is -0.465 e. The number of para-hydroxylation sites is 1. The molecule has 0 atom stereocenters. The van der Waals surface area contributed by atoms with Gasteiger partial charge < -0.3 is 14.6 Å². The Balaban J connectivity index is 1.64. The first kappa shape index (κ1) is 17.8. The van der Waals surface area contributed by atoms with E-state index in [4.69, 9.17) is 4.42 Å². The van der Waals surface area contributed by atoms with Crippen molar-refractivity contribution in [2.45, 2.75) is 13.3 Å². The Hall–Kier alpha value is -3.60. The highest BCUT2D eigenvalue weighted by atomic mass is 16.3. The Bertz CT molecular complexity index is 1030. The van der Waals surface area contributed by atoms with Crippen molar-refractivity contribution < 1.29 is 14.0 Å². The van der Waals surface area contributed by atoms with E-state index in [1.54, 1.807) is 35.2 Å². The lowest BCUT2D eigenvalue weighted by Gasteiger charge is -2.19. The highest BCUT2D eigenvalue weighted by Gasteiger charge is 2.27. The molecule has 5 heteroatoms. The normalized spacial score (nSPS) is 13.3. The second-order valence-corrected chi connectivity index (χ2v) is 6.73. The number of hydrogen-bond acceptors (Lipinski definition) is 3. The van der Waals surface area contributed by atoms with Crippen molar-refractivity contribution in [1.82, 2.24) is 5.32 Å². The van der Waals surface area contributed by atoms with E-state index in [1.807, 2.05) is 43.3 Å². The molecule has 2 aromatic carbocycles. The summed E-state index contributed by atoms with van der Waals surface area (Å²) >= 11 is 0. The van der Waals surface area contributed by atoms with E-state index in [-0.39, 0.29) is 17.5 Å². The Morgan fingerprint density at radius 1 is 1.04 bits per heavy atom. The number of fused-ring (bicyclic) bond motifs is 1. The predicted molar refractivity (Wildman–Crippen MR) is 108 cm³/mol. The molecule has 2 heterocycles. The molecule has 140 valence electrons. The summed E-state index contributed by atoms with van der Waals surface area (Å²) in [6.45, 7) is 2.53. The van der Waals surface area contributed by atoms with E-state index in [1.165, 1.54) is 6.26 Å². The lowest BCUT2D eigenvalue weighted by atomic mass is 10.1. The molecular formula is C23H20N2O3. The topological polar surface area (TPSA) is 62.6 Å². The van der Waals surface area contributed by atoms with Gasteiger partial charge in [0.1, 0.15) is 11.5 Å². The van der Waals surface area contributed by atoms with Crippen molar-refractivity contribution in [2.75, 3.05) is 11.4 Å². The van der Waals surface area contributed by atoms with Gasteiger partial charge >= 0.3 is 0 Å². The number of aryl methyl sites for hydroxylation is 1. The summed E-state index contributed by atoms with van der Waals surface area (Å²) in [7, 11) is 0. The fraction of sp³-hybridized carbons (Fsp3) is 0.130. The van der Waals surface area contributed by atoms with E-state index in [0.717, 1.165) is 23.2 Å². The molecule has 0 radical (unpaired) electrons. The minimum atomic E-state index is -0.335. The van der Waals surface area contributed by atoms with Crippen molar-refractivity contribution in [2.24, 2.45) is 0 Å². The van der Waals surface area contributed by atoms with Crippen LogP contribution in [0.3, 0.4) is 0 Å². The number of nitrogens with zero attached hydrogens (tertiary/aromatic N) is 1. The number of carbonyl (C=O) groups is 2. The summed E-state index contributed by atoms with van der Waals surface area (Å²) in [5.41, 5.74) is 3.73. The molecular weight excluding hydrogens is 352 g/mol. The van der Waals surface area contributed by atoms with Gasteiger partial charge in [-0.3, -0.25) is 9.59 Å². The van der Waals surface area contributed by atoms with Crippen molar-refractivity contribution in [3.8, 4) is 0 Å². The molecule has 0 fully saturated rings. The third-order valence-electron chi connectivity index (χ3n) is 4.75. The zero-order chi connectivity index (χ0) is 19.5. The molecule has 1 aliphatic rings. The minimum absolute atomic E-state index is 0.178. The molecule has 5 nitrogen and oxygen atoms in total. The Kier molecular flexibility index (Phi) is 4.81. The molecule has 1 N–H and O–H groups in total. The summed E-state index contributed by atoms with van der Waals surface area (Å²) in [5.74, 6) is -0.0968. The first-order chi connectivity index (χ1) is 13.6. The van der Waals surface area contributed by atoms with Crippen LogP contribution >= 0.6 is 0 Å². The molecule has 1 aromatic heterocycles. The summed E-state index contributed by atoms with van der Waals surface area (Å²) in [6, 6.07) is 18.5. The summed E-state index contributed by atoms with van der Waals surface area (Å²) in [6.07, 6.45) is 3.89. The maximum Gasteiger partial charge on any atom is 0.274 e. The predicted octanol–water partition coefficient (Wildman–Crippen LogP) is 3.95. The van der Waals surface area contributed by atoms with Crippen molar-refractivity contribution in [3.05, 3.63) is 95.1 Å². The fourth-order valence-electron chi connectivity index (χ4n) is 3.26. The largest absolute Gasteiger partial charge is 0.465 e. The van der Waals surface area contributed by atoms with Crippen LogP contribution in [0.5, 0.6) is 0 Å². The standard InChI is InChI=1S/C23H20N2O3/c1-16-8-10-18(11-9-16)22(26)24-20(15-19-6-4-14-28-19)23(27)25-13-12-17-5-2-3-7-21(17)25/h2-11,14-15H,12-13H2,1H3,(H,24,26)/b20-15+. The zero-order valence-electron chi connectivity index (χ0n) is 15.5. The first-order valence-corrected chi connectivity index (χ1v) is 9.15. The molecule has 0 unspecified atom stereocenters. The third kappa shape index (κ3) is 3.60. The molecule has 2 amide bonds. The number of carbonyl (C=O) groups excluding carboxylic acids is 2. The van der Waals surface area contributed by atoms with Crippen LogP contribution in [-0.4, -0.2) is 18.4 Å². The van der Waals surface area contributed by atoms with Gasteiger partial charge in [0, 0.05) is 23.9 Å². The van der Waals surface area contributed by atoms with Gasteiger partial charge in [-0.05, 0) is 49.2 Å². The van der Waals surface area contributed by atoms with Gasteiger partial charge in [0.15, 0.2) is 0 Å². The first-order valence-electron chi connectivity index (χ1n) is 9.15. The van der Waals surface area contributed by atoms with Crippen LogP contribution in [0.4, 0.5) is 5.69 Å². The fourth-order valence-corrected chi connectivity index (χ4v) is 3.26. The van der Waals surface area contributed by atoms with Crippen LogP contribution in [0.15, 0.2) is 77.0 Å². The van der Waals surface area contributed by atoms with Gasteiger partial charge in [-0.1, -0.05) is 35.9 Å². The number of furan rings is 1. The van der Waals surface area contributed by atoms with Crippen molar-refractivity contribution in [1.29, 1.82) is 0 Å². The molecule has 3 aromatic rings. The zero-order valence-corrected chi connectivity index (χ0v) is 15.5. The SMILES string of the molecule is Cc1ccc(C(=O)N/C(=C/c2ccco2)C(=O)N2CCc3ccccc32)cc1. The molecule has 0 spiro atoms. The molecule has 1 aliphatic heterocycles. The van der Waals surface area contributed by atoms with Crippen LogP contribution in [-0.2, 0) is 11.2 Å². The molecule has 0 saturated carbocycles. The number of anilines is 1. The second kappa shape index (κ2) is 7.56. The average molecular weight is 372 g/mol. The molecule has 4 rings (SSSR count). The van der Waals surface area contributed by atoms with E-state index >= 15 is 0 Å². The van der Waals surface area contributed by atoms with Crippen LogP contribution in [0.25, 0.3) is 6.08 Å². The molecule has 0 bridgehead atoms. The van der Waals surface area contributed by atoms with Gasteiger partial charge in [0.25, 0.3) is 11.8 Å². The van der Waals surface area contributed by atoms with Crippen molar-refractivity contribution in [3.63, 3.8) is 0 Å². The summed E-state index contributed by atoms with van der Waals surface area (Å²) in [5, 5.41) is 2.77. The van der Waals surface area contributed by atoms with Gasteiger partial charge in [-0.2, -0.15) is 0 Å².